The number of nitrogens with zero attached hydrogens (tertiary/aromatic N) is 8. The molecule has 6 aromatic heterocycles. The van der Waals surface area contributed by atoms with Crippen molar-refractivity contribution in [3.63, 3.8) is 0 Å². The first-order chi connectivity index (χ1) is 34.2. The molecule has 0 radical (unpaired) electrons. The highest BCUT2D eigenvalue weighted by Gasteiger charge is 2.20. The second-order valence-electron chi connectivity index (χ2n) is 17.4. The highest BCUT2D eigenvalue weighted by Crippen LogP contribution is 2.40. The van der Waals surface area contributed by atoms with Crippen LogP contribution in [-0.2, 0) is 0 Å². The molecule has 8 aromatic carbocycles. The first-order valence-corrected chi connectivity index (χ1v) is 23.1. The summed E-state index contributed by atoms with van der Waals surface area (Å²) in [5.74, 6) is 1.14. The first kappa shape index (κ1) is 38.7. The Kier molecular flexibility index (Phi) is 8.72. The topological polar surface area (TPSA) is 79.2 Å². The normalized spacial score (nSPS) is 11.8. The van der Waals surface area contributed by atoms with E-state index in [4.69, 9.17) is 24.9 Å². The lowest BCUT2D eigenvalue weighted by Gasteiger charge is -2.13. The Morgan fingerprint density at radius 3 is 1.57 bits per heavy atom. The molecule has 0 aliphatic carbocycles. The first-order valence-electron chi connectivity index (χ1n) is 23.1. The molecule has 0 N–H and O–H groups in total. The number of benzene rings is 8. The van der Waals surface area contributed by atoms with Gasteiger partial charge in [0.05, 0.1) is 55.7 Å². The van der Waals surface area contributed by atoms with Crippen molar-refractivity contribution in [3.05, 3.63) is 231 Å². The molecule has 0 aliphatic rings. The molecule has 0 aliphatic heterocycles. The maximum atomic E-state index is 5.20. The van der Waals surface area contributed by atoms with Crippen LogP contribution in [0.1, 0.15) is 0 Å². The van der Waals surface area contributed by atoms with Crippen LogP contribution >= 0.6 is 0 Å². The van der Waals surface area contributed by atoms with Gasteiger partial charge in [0.2, 0.25) is 5.95 Å². The van der Waals surface area contributed by atoms with E-state index in [1.807, 2.05) is 30.5 Å². The van der Waals surface area contributed by atoms with Crippen LogP contribution in [0.3, 0.4) is 0 Å². The maximum Gasteiger partial charge on any atom is 0.238 e. The predicted molar refractivity (Wildman–Crippen MR) is 280 cm³/mol. The molecule has 69 heavy (non-hydrogen) atoms. The Morgan fingerprint density at radius 2 is 0.826 bits per heavy atom. The van der Waals surface area contributed by atoms with E-state index in [0.29, 0.717) is 11.8 Å². The third-order valence-corrected chi connectivity index (χ3v) is 13.4. The average Bonchev–Trinajstić information content (AvgIpc) is 4.06. The molecule has 0 fully saturated rings. The van der Waals surface area contributed by atoms with Crippen molar-refractivity contribution in [3.8, 4) is 62.4 Å². The summed E-state index contributed by atoms with van der Waals surface area (Å²) in [5, 5.41) is 5.63. The second kappa shape index (κ2) is 15.5. The van der Waals surface area contributed by atoms with Crippen molar-refractivity contribution >= 4 is 65.5 Å². The van der Waals surface area contributed by atoms with Gasteiger partial charge in [-0.25, -0.2) is 15.0 Å². The van der Waals surface area contributed by atoms with Crippen molar-refractivity contribution < 1.29 is 0 Å². The second-order valence-corrected chi connectivity index (χ2v) is 17.4. The molecule has 0 saturated heterocycles. The van der Waals surface area contributed by atoms with E-state index in [9.17, 15) is 0 Å². The van der Waals surface area contributed by atoms with E-state index in [0.717, 1.165) is 105 Å². The van der Waals surface area contributed by atoms with Crippen LogP contribution in [0.2, 0.25) is 0 Å². The van der Waals surface area contributed by atoms with E-state index in [-0.39, 0.29) is 0 Å². The van der Waals surface area contributed by atoms with Gasteiger partial charge < -0.3 is 9.13 Å². The van der Waals surface area contributed by atoms with Crippen LogP contribution in [0.4, 0.5) is 0 Å². The smallest absolute Gasteiger partial charge is 0.238 e. The zero-order valence-corrected chi connectivity index (χ0v) is 37.0. The fraction of sp³-hybridized carbons (Fsp3) is 0. The maximum absolute atomic E-state index is 5.20. The predicted octanol–water partition coefficient (Wildman–Crippen LogP) is 14.6. The zero-order chi connectivity index (χ0) is 45.4. The minimum absolute atomic E-state index is 0.550. The molecule has 14 aromatic rings. The van der Waals surface area contributed by atoms with Gasteiger partial charge >= 0.3 is 0 Å². The summed E-state index contributed by atoms with van der Waals surface area (Å²) in [5.41, 5.74) is 16.5. The van der Waals surface area contributed by atoms with E-state index >= 15 is 0 Å². The Labute approximate surface area is 395 Å². The Hall–Kier alpha value is -9.53. The minimum atomic E-state index is 0.550. The van der Waals surface area contributed by atoms with Crippen LogP contribution in [0.5, 0.6) is 0 Å². The molecular formula is C61H38N8. The largest absolute Gasteiger partial charge is 0.309 e. The summed E-state index contributed by atoms with van der Waals surface area (Å²) < 4.78 is 6.81. The lowest BCUT2D eigenvalue weighted by Crippen LogP contribution is -2.03. The number of fused-ring (bicyclic) bond motifs is 9. The van der Waals surface area contributed by atoms with Gasteiger partial charge in [-0.1, -0.05) is 133 Å². The summed E-state index contributed by atoms with van der Waals surface area (Å²) in [6.07, 6.45) is 3.47. The zero-order valence-electron chi connectivity index (χ0n) is 37.0. The SMILES string of the molecule is c1ccc(-c2cc(-n3c4ccccc4c4cc(-c5ccc6c7ccccc7n(-c7ncnc(-c8ccc9c(c8)c8ncccc8n9-c8ccccc8)n7)c6c5)ccc43)cc(-c3ccccc3)n2)cc1. The van der Waals surface area contributed by atoms with Crippen LogP contribution in [0.25, 0.3) is 128 Å². The van der Waals surface area contributed by atoms with Gasteiger partial charge in [-0.2, -0.15) is 4.98 Å². The lowest BCUT2D eigenvalue weighted by atomic mass is 10.0. The third kappa shape index (κ3) is 6.27. The van der Waals surface area contributed by atoms with Crippen LogP contribution < -0.4 is 0 Å². The molecule has 0 bridgehead atoms. The summed E-state index contributed by atoms with van der Waals surface area (Å²) in [6, 6.07) is 76.9. The van der Waals surface area contributed by atoms with E-state index in [1.165, 1.54) is 10.8 Å². The van der Waals surface area contributed by atoms with Gasteiger partial charge in [0, 0.05) is 55.5 Å². The summed E-state index contributed by atoms with van der Waals surface area (Å²) >= 11 is 0. The third-order valence-electron chi connectivity index (χ3n) is 13.4. The van der Waals surface area contributed by atoms with Crippen LogP contribution in [0, 0.1) is 0 Å². The molecule has 0 saturated carbocycles. The molecular weight excluding hydrogens is 845 g/mol. The van der Waals surface area contributed by atoms with Gasteiger partial charge in [0.1, 0.15) is 6.33 Å². The van der Waals surface area contributed by atoms with E-state index in [1.54, 1.807) is 6.33 Å². The van der Waals surface area contributed by atoms with Gasteiger partial charge in [-0.15, -0.1) is 0 Å². The van der Waals surface area contributed by atoms with Crippen molar-refractivity contribution in [1.29, 1.82) is 0 Å². The molecule has 8 nitrogen and oxygen atoms in total. The Balaban J connectivity index is 0.904. The highest BCUT2D eigenvalue weighted by molar-refractivity contribution is 6.13. The minimum Gasteiger partial charge on any atom is -0.309 e. The van der Waals surface area contributed by atoms with Crippen molar-refractivity contribution in [2.45, 2.75) is 0 Å². The van der Waals surface area contributed by atoms with Crippen LogP contribution in [0.15, 0.2) is 231 Å². The molecule has 8 heteroatoms. The molecule has 0 spiro atoms. The molecule has 14 rings (SSSR count). The summed E-state index contributed by atoms with van der Waals surface area (Å²) in [7, 11) is 0. The molecule has 6 heterocycles. The van der Waals surface area contributed by atoms with Gasteiger partial charge in [-0.05, 0) is 96.1 Å². The molecule has 0 unspecified atom stereocenters. The van der Waals surface area contributed by atoms with Crippen molar-refractivity contribution in [2.24, 2.45) is 0 Å². The fourth-order valence-corrected chi connectivity index (χ4v) is 10.3. The number of hydrogen-bond acceptors (Lipinski definition) is 5. The van der Waals surface area contributed by atoms with Gasteiger partial charge in [-0.3, -0.25) is 9.55 Å². The number of hydrogen-bond donors (Lipinski definition) is 0. The Bertz CT molecular complexity index is 4250. The fourth-order valence-electron chi connectivity index (χ4n) is 10.3. The Morgan fingerprint density at radius 1 is 0.290 bits per heavy atom. The number of rotatable bonds is 7. The molecule has 0 atom stereocenters. The number of pyridine rings is 2. The average molecular weight is 883 g/mol. The standard InChI is InChI=1S/C61H38N8/c1-4-15-39(16-5-1)51-36-45(37-52(65-51)40-17-6-2-7-18-40)68-53-23-12-11-22-47(53)49-33-41(27-30-55(49)68)42-26-29-48-46-21-10-13-24-54(46)69(58(48)35-42)61-64-38-63-60(66-61)43-28-31-56-50(34-43)59-57(25-14-32-62-59)67(56)44-19-8-3-9-20-44/h1-38H. The van der Waals surface area contributed by atoms with E-state index < -0.39 is 0 Å². The monoisotopic (exact) mass is 882 g/mol. The quantitative estimate of drug-likeness (QED) is 0.159. The highest BCUT2D eigenvalue weighted by atomic mass is 15.2. The molecule has 0 amide bonds. The lowest BCUT2D eigenvalue weighted by molar-refractivity contribution is 0.947. The van der Waals surface area contributed by atoms with Crippen molar-refractivity contribution in [1.82, 2.24) is 38.6 Å². The van der Waals surface area contributed by atoms with Gasteiger partial charge in [0.15, 0.2) is 5.82 Å². The van der Waals surface area contributed by atoms with Gasteiger partial charge in [0.25, 0.3) is 0 Å². The summed E-state index contributed by atoms with van der Waals surface area (Å²) in [4.78, 5) is 24.8. The number of aromatic nitrogens is 8. The van der Waals surface area contributed by atoms with Crippen molar-refractivity contribution in [2.75, 3.05) is 0 Å². The van der Waals surface area contributed by atoms with E-state index in [2.05, 4.69) is 208 Å². The molecule has 322 valence electrons. The number of para-hydroxylation sites is 3. The summed E-state index contributed by atoms with van der Waals surface area (Å²) in [6.45, 7) is 0. The van der Waals surface area contributed by atoms with Crippen LogP contribution in [-0.4, -0.2) is 38.6 Å².